The van der Waals surface area contributed by atoms with Crippen molar-refractivity contribution in [3.63, 3.8) is 0 Å². The maximum absolute atomic E-state index is 11.9. The van der Waals surface area contributed by atoms with Crippen molar-refractivity contribution in [3.8, 4) is 22.6 Å². The van der Waals surface area contributed by atoms with E-state index in [1.54, 1.807) is 20.3 Å². The molecule has 0 radical (unpaired) electrons. The maximum Gasteiger partial charge on any atom is 0.330 e. The van der Waals surface area contributed by atoms with Crippen molar-refractivity contribution in [2.24, 2.45) is 0 Å². The van der Waals surface area contributed by atoms with Crippen molar-refractivity contribution in [1.82, 2.24) is 0 Å². The molecule has 0 unspecified atom stereocenters. The Bertz CT molecular complexity index is 940. The van der Waals surface area contributed by atoms with Crippen LogP contribution in [-0.4, -0.2) is 26.8 Å². The van der Waals surface area contributed by atoms with Gasteiger partial charge in [-0.25, -0.2) is 4.79 Å². The lowest BCUT2D eigenvalue weighted by molar-refractivity contribution is -0.137. The van der Waals surface area contributed by atoms with Gasteiger partial charge in [0.15, 0.2) is 0 Å². The largest absolute Gasteiger partial charge is 0.497 e. The molecule has 0 bridgehead atoms. The first-order valence-corrected chi connectivity index (χ1v) is 9.40. The summed E-state index contributed by atoms with van der Waals surface area (Å²) in [5, 5.41) is 0. The first kappa shape index (κ1) is 20.2. The number of carbonyl (C=O) groups is 1. The van der Waals surface area contributed by atoms with Crippen LogP contribution in [0.2, 0.25) is 0 Å². The summed E-state index contributed by atoms with van der Waals surface area (Å²) in [4.78, 5) is 11.9. The predicted molar refractivity (Wildman–Crippen MR) is 115 cm³/mol. The summed E-state index contributed by atoms with van der Waals surface area (Å²) < 4.78 is 15.6. The molecule has 0 aliphatic rings. The number of rotatable bonds is 8. The second kappa shape index (κ2) is 10.1. The number of benzene rings is 3. The van der Waals surface area contributed by atoms with E-state index in [1.807, 2.05) is 48.5 Å². The highest BCUT2D eigenvalue weighted by Crippen LogP contribution is 2.22. The third-order valence-electron chi connectivity index (χ3n) is 4.54. The topological polar surface area (TPSA) is 44.8 Å². The Morgan fingerprint density at radius 3 is 1.83 bits per heavy atom. The Kier molecular flexibility index (Phi) is 7.06. The number of methoxy groups -OCH3 is 2. The zero-order chi connectivity index (χ0) is 20.5. The Labute approximate surface area is 171 Å². The van der Waals surface area contributed by atoms with E-state index < -0.39 is 0 Å². The van der Waals surface area contributed by atoms with Crippen molar-refractivity contribution in [2.75, 3.05) is 20.8 Å². The molecular formula is C25H24O4. The second-order valence-corrected chi connectivity index (χ2v) is 6.45. The van der Waals surface area contributed by atoms with Crippen LogP contribution in [0.4, 0.5) is 0 Å². The molecule has 0 aliphatic carbocycles. The van der Waals surface area contributed by atoms with Gasteiger partial charge in [-0.05, 0) is 52.6 Å². The van der Waals surface area contributed by atoms with Crippen LogP contribution < -0.4 is 9.47 Å². The van der Waals surface area contributed by atoms with E-state index in [9.17, 15) is 4.79 Å². The zero-order valence-electron chi connectivity index (χ0n) is 16.6. The lowest BCUT2D eigenvalue weighted by atomic mass is 10.0. The molecule has 0 aliphatic heterocycles. The molecule has 3 aromatic carbocycles. The minimum atomic E-state index is -0.351. The lowest BCUT2D eigenvalue weighted by Gasteiger charge is -2.06. The predicted octanol–water partition coefficient (Wildman–Crippen LogP) is 5.17. The number of ether oxygens (including phenoxy) is 3. The van der Waals surface area contributed by atoms with Gasteiger partial charge in [-0.15, -0.1) is 0 Å². The summed E-state index contributed by atoms with van der Waals surface area (Å²) in [5.41, 5.74) is 4.30. The molecule has 4 heteroatoms. The molecule has 0 atom stereocenters. The van der Waals surface area contributed by atoms with Gasteiger partial charge < -0.3 is 14.2 Å². The van der Waals surface area contributed by atoms with Gasteiger partial charge in [-0.1, -0.05) is 48.5 Å². The van der Waals surface area contributed by atoms with Crippen molar-refractivity contribution in [1.29, 1.82) is 0 Å². The molecule has 0 saturated carbocycles. The van der Waals surface area contributed by atoms with Crippen molar-refractivity contribution < 1.29 is 19.0 Å². The molecule has 0 fully saturated rings. The number of hydrogen-bond acceptors (Lipinski definition) is 4. The Hall–Kier alpha value is -3.53. The second-order valence-electron chi connectivity index (χ2n) is 6.45. The molecule has 29 heavy (non-hydrogen) atoms. The van der Waals surface area contributed by atoms with Crippen LogP contribution in [0.3, 0.4) is 0 Å². The van der Waals surface area contributed by atoms with E-state index in [0.717, 1.165) is 33.8 Å². The fourth-order valence-electron chi connectivity index (χ4n) is 2.84. The Morgan fingerprint density at radius 2 is 1.28 bits per heavy atom. The quantitative estimate of drug-likeness (QED) is 0.394. The molecule has 0 spiro atoms. The Balaban J connectivity index is 1.46. The summed E-state index contributed by atoms with van der Waals surface area (Å²) in [6.45, 7) is 0.341. The molecule has 0 heterocycles. The molecule has 148 valence electrons. The van der Waals surface area contributed by atoms with Gasteiger partial charge in [0.2, 0.25) is 0 Å². The van der Waals surface area contributed by atoms with Crippen LogP contribution in [0.1, 0.15) is 11.1 Å². The van der Waals surface area contributed by atoms with E-state index >= 15 is 0 Å². The first-order valence-electron chi connectivity index (χ1n) is 9.40. The minimum absolute atomic E-state index is 0.341. The van der Waals surface area contributed by atoms with Crippen molar-refractivity contribution >= 4 is 12.0 Å². The van der Waals surface area contributed by atoms with Crippen LogP contribution in [0.5, 0.6) is 11.5 Å². The standard InChI is InChI=1S/C25H24O4/c1-27-23-12-5-19(6-13-23)7-16-25(26)29-18-17-20-3-8-21(9-4-20)22-10-14-24(28-2)15-11-22/h3-16H,17-18H2,1-2H3/b16-7+. The van der Waals surface area contributed by atoms with Crippen LogP contribution in [0.25, 0.3) is 17.2 Å². The fourth-order valence-corrected chi connectivity index (χ4v) is 2.84. The van der Waals surface area contributed by atoms with Gasteiger partial charge in [0.25, 0.3) is 0 Å². The molecule has 3 rings (SSSR count). The number of esters is 1. The van der Waals surface area contributed by atoms with Gasteiger partial charge in [-0.3, -0.25) is 0 Å². The lowest BCUT2D eigenvalue weighted by Crippen LogP contribution is -2.04. The van der Waals surface area contributed by atoms with Crippen LogP contribution >= 0.6 is 0 Å². The molecule has 0 N–H and O–H groups in total. The van der Waals surface area contributed by atoms with Crippen LogP contribution in [-0.2, 0) is 16.0 Å². The van der Waals surface area contributed by atoms with E-state index in [0.29, 0.717) is 13.0 Å². The highest BCUT2D eigenvalue weighted by molar-refractivity contribution is 5.87. The highest BCUT2D eigenvalue weighted by atomic mass is 16.5. The van der Waals surface area contributed by atoms with E-state index in [2.05, 4.69) is 24.3 Å². The molecule has 0 saturated heterocycles. The summed E-state index contributed by atoms with van der Waals surface area (Å²) in [6.07, 6.45) is 3.84. The summed E-state index contributed by atoms with van der Waals surface area (Å²) in [6, 6.07) is 23.7. The average molecular weight is 388 g/mol. The van der Waals surface area contributed by atoms with E-state index in [4.69, 9.17) is 14.2 Å². The molecule has 3 aromatic rings. The normalized spacial score (nSPS) is 10.7. The molecule has 0 amide bonds. The highest BCUT2D eigenvalue weighted by Gasteiger charge is 2.02. The monoisotopic (exact) mass is 388 g/mol. The van der Waals surface area contributed by atoms with E-state index in [1.165, 1.54) is 6.08 Å². The van der Waals surface area contributed by atoms with E-state index in [-0.39, 0.29) is 5.97 Å². The smallest absolute Gasteiger partial charge is 0.330 e. The fraction of sp³-hybridized carbons (Fsp3) is 0.160. The third-order valence-corrected chi connectivity index (χ3v) is 4.54. The maximum atomic E-state index is 11.9. The third kappa shape index (κ3) is 5.98. The molecular weight excluding hydrogens is 364 g/mol. The number of carbonyl (C=O) groups excluding carboxylic acids is 1. The minimum Gasteiger partial charge on any atom is -0.497 e. The zero-order valence-corrected chi connectivity index (χ0v) is 16.6. The summed E-state index contributed by atoms with van der Waals surface area (Å²) in [5.74, 6) is 1.27. The molecule has 4 nitrogen and oxygen atoms in total. The number of hydrogen-bond donors (Lipinski definition) is 0. The van der Waals surface area contributed by atoms with Crippen molar-refractivity contribution in [2.45, 2.75) is 6.42 Å². The SMILES string of the molecule is COc1ccc(/C=C/C(=O)OCCc2ccc(-c3ccc(OC)cc3)cc2)cc1. The summed E-state index contributed by atoms with van der Waals surface area (Å²) in [7, 11) is 3.28. The van der Waals surface area contributed by atoms with Gasteiger partial charge in [0.05, 0.1) is 20.8 Å². The van der Waals surface area contributed by atoms with Gasteiger partial charge in [-0.2, -0.15) is 0 Å². The molecule has 0 aromatic heterocycles. The average Bonchev–Trinajstić information content (AvgIpc) is 2.78. The first-order chi connectivity index (χ1) is 14.2. The van der Waals surface area contributed by atoms with Crippen LogP contribution in [0.15, 0.2) is 78.9 Å². The summed E-state index contributed by atoms with van der Waals surface area (Å²) >= 11 is 0. The van der Waals surface area contributed by atoms with Gasteiger partial charge >= 0.3 is 5.97 Å². The Morgan fingerprint density at radius 1 is 0.759 bits per heavy atom. The van der Waals surface area contributed by atoms with Gasteiger partial charge in [0.1, 0.15) is 11.5 Å². The van der Waals surface area contributed by atoms with Crippen molar-refractivity contribution in [3.05, 3.63) is 90.0 Å². The van der Waals surface area contributed by atoms with Crippen LogP contribution in [0, 0.1) is 0 Å². The van der Waals surface area contributed by atoms with Gasteiger partial charge in [0, 0.05) is 12.5 Å².